The molecule has 0 aromatic heterocycles. The van der Waals surface area contributed by atoms with E-state index in [1.54, 1.807) is 0 Å². The van der Waals surface area contributed by atoms with Gasteiger partial charge in [0, 0.05) is 22.3 Å². The van der Waals surface area contributed by atoms with Gasteiger partial charge in [0.2, 0.25) is 23.3 Å². The second-order valence-electron chi connectivity index (χ2n) is 13.7. The summed E-state index contributed by atoms with van der Waals surface area (Å²) in [7, 11) is -3.42. The van der Waals surface area contributed by atoms with E-state index in [-0.39, 0.29) is 6.07 Å². The van der Waals surface area contributed by atoms with E-state index in [4.69, 9.17) is 4.65 Å². The third-order valence-corrected chi connectivity index (χ3v) is 10.2. The standard InChI is InChI=1S/C43H13BF20O3/c45-23-17(24(46)32(54)39(61)31(23)53)14-11-15(43(67-44(65)66,12-7-3-1-4-8-12)13-9-5-2-6-10-13)18(21-27(49)35(57)41(63)36(58)28(21)50)19(22-29(51)37(59)42(64)38(60)30(22)52)16(14)20-25(47)33(55)40(62)34(56)26(20)48/h1-11,65-66H. The van der Waals surface area contributed by atoms with Gasteiger partial charge < -0.3 is 14.7 Å². The summed E-state index contributed by atoms with van der Waals surface area (Å²) in [6.45, 7) is 0. The highest BCUT2D eigenvalue weighted by Gasteiger charge is 2.48. The van der Waals surface area contributed by atoms with Crippen LogP contribution in [0.25, 0.3) is 44.5 Å². The van der Waals surface area contributed by atoms with Gasteiger partial charge in [-0.15, -0.1) is 0 Å². The highest BCUT2D eigenvalue weighted by molar-refractivity contribution is 6.33. The average molecular weight is 968 g/mol. The van der Waals surface area contributed by atoms with Gasteiger partial charge in [0.25, 0.3) is 0 Å². The van der Waals surface area contributed by atoms with Crippen LogP contribution in [0, 0.1) is 116 Å². The molecule has 0 saturated heterocycles. The molecule has 0 saturated carbocycles. The Morgan fingerprint density at radius 3 is 0.851 bits per heavy atom. The molecule has 0 unspecified atom stereocenters. The van der Waals surface area contributed by atoms with Crippen LogP contribution in [0.5, 0.6) is 0 Å². The lowest BCUT2D eigenvalue weighted by Crippen LogP contribution is -2.40. The zero-order chi connectivity index (χ0) is 49.5. The SMILES string of the molecule is OB(O)OC(c1ccccc1)(c1ccccc1)c1cc(-c2c(F)c(F)c(F)c(F)c2F)c(-c2c(F)c(F)c(F)c(F)c2F)c(-c2c(F)c(F)c(F)c(F)c2F)c1-c1c(F)c(F)c(F)c(F)c1F. The molecule has 0 spiro atoms. The first-order chi connectivity index (χ1) is 31.4. The van der Waals surface area contributed by atoms with Crippen molar-refractivity contribution in [2.45, 2.75) is 5.60 Å². The predicted octanol–water partition coefficient (Wildman–Crippen LogP) is 12.4. The quantitative estimate of drug-likeness (QED) is 0.0498. The van der Waals surface area contributed by atoms with E-state index >= 15 is 70.2 Å². The zero-order valence-electron chi connectivity index (χ0n) is 31.8. The number of halogens is 20. The molecule has 24 heteroatoms. The Kier molecular flexibility index (Phi) is 12.5. The molecule has 0 radical (unpaired) electrons. The van der Waals surface area contributed by atoms with Crippen LogP contribution in [0.1, 0.15) is 16.7 Å². The molecule has 0 heterocycles. The first-order valence-corrected chi connectivity index (χ1v) is 17.9. The van der Waals surface area contributed by atoms with E-state index < -0.39 is 190 Å². The maximum atomic E-state index is 16.6. The molecule has 0 atom stereocenters. The Bertz CT molecular complexity index is 3050. The molecule has 0 aliphatic heterocycles. The summed E-state index contributed by atoms with van der Waals surface area (Å²) in [6, 6.07) is 8.90. The Balaban J connectivity index is 2.06. The van der Waals surface area contributed by atoms with Crippen LogP contribution < -0.4 is 0 Å². The molecular weight excluding hydrogens is 955 g/mol. The van der Waals surface area contributed by atoms with Gasteiger partial charge in [0.15, 0.2) is 93.1 Å². The number of hydrogen-bond acceptors (Lipinski definition) is 3. The molecule has 0 amide bonds. The number of rotatable bonds is 9. The Morgan fingerprint density at radius 2 is 0.552 bits per heavy atom. The van der Waals surface area contributed by atoms with Crippen molar-refractivity contribution in [2.75, 3.05) is 0 Å². The molecule has 346 valence electrons. The van der Waals surface area contributed by atoms with E-state index in [1.807, 2.05) is 0 Å². The van der Waals surface area contributed by atoms with E-state index in [2.05, 4.69) is 0 Å². The van der Waals surface area contributed by atoms with Crippen LogP contribution in [-0.2, 0) is 10.3 Å². The van der Waals surface area contributed by atoms with Crippen molar-refractivity contribution in [1.29, 1.82) is 0 Å². The van der Waals surface area contributed by atoms with Gasteiger partial charge in [-0.25, -0.2) is 87.8 Å². The summed E-state index contributed by atoms with van der Waals surface area (Å²) in [5.74, 6) is -64.2. The lowest BCUT2D eigenvalue weighted by atomic mass is 9.71. The van der Waals surface area contributed by atoms with Gasteiger partial charge in [0.1, 0.15) is 5.60 Å². The van der Waals surface area contributed by atoms with E-state index in [0.29, 0.717) is 0 Å². The second-order valence-corrected chi connectivity index (χ2v) is 13.7. The second kappa shape index (κ2) is 17.4. The minimum atomic E-state index is -3.61. The van der Waals surface area contributed by atoms with Crippen LogP contribution in [-0.4, -0.2) is 17.4 Å². The smallest absolute Gasteiger partial charge is 0.402 e. The summed E-state index contributed by atoms with van der Waals surface area (Å²) >= 11 is 0. The number of hydrogen-bond donors (Lipinski definition) is 2. The fourth-order valence-electron chi connectivity index (χ4n) is 7.42. The van der Waals surface area contributed by atoms with Crippen LogP contribution >= 0.6 is 0 Å². The molecule has 67 heavy (non-hydrogen) atoms. The van der Waals surface area contributed by atoms with Crippen molar-refractivity contribution in [3.63, 3.8) is 0 Å². The van der Waals surface area contributed by atoms with E-state index in [0.717, 1.165) is 60.7 Å². The summed E-state index contributed by atoms with van der Waals surface area (Å²) in [4.78, 5) is 0. The van der Waals surface area contributed by atoms with Crippen molar-refractivity contribution in [2.24, 2.45) is 0 Å². The third kappa shape index (κ3) is 7.15. The molecule has 0 fully saturated rings. The van der Waals surface area contributed by atoms with Gasteiger partial charge in [0.05, 0.1) is 22.3 Å². The van der Waals surface area contributed by atoms with Crippen molar-refractivity contribution in [3.8, 4) is 44.5 Å². The minimum absolute atomic E-state index is 0.378. The predicted molar refractivity (Wildman–Crippen MR) is 191 cm³/mol. The van der Waals surface area contributed by atoms with Gasteiger partial charge in [-0.05, 0) is 22.8 Å². The van der Waals surface area contributed by atoms with Crippen LogP contribution in [0.15, 0.2) is 66.7 Å². The van der Waals surface area contributed by atoms with Crippen LogP contribution in [0.3, 0.4) is 0 Å². The maximum Gasteiger partial charge on any atom is 0.635 e. The fourth-order valence-corrected chi connectivity index (χ4v) is 7.42. The van der Waals surface area contributed by atoms with Crippen molar-refractivity contribution < 1.29 is 103 Å². The van der Waals surface area contributed by atoms with E-state index in [9.17, 15) is 27.6 Å². The van der Waals surface area contributed by atoms with E-state index in [1.165, 1.54) is 0 Å². The molecule has 3 nitrogen and oxygen atoms in total. The lowest BCUT2D eigenvalue weighted by Gasteiger charge is -2.39. The molecular formula is C43H13BF20O3. The fraction of sp³-hybridized carbons (Fsp3) is 0.0233. The summed E-state index contributed by atoms with van der Waals surface area (Å²) in [5.41, 5.74) is -29.0. The van der Waals surface area contributed by atoms with Gasteiger partial charge in [-0.2, -0.15) is 0 Å². The first kappa shape index (κ1) is 48.0. The maximum absolute atomic E-state index is 16.6. The Labute approximate surface area is 359 Å². The summed E-state index contributed by atoms with van der Waals surface area (Å²) in [5, 5.41) is 21.0. The van der Waals surface area contributed by atoms with Crippen LogP contribution in [0.4, 0.5) is 87.8 Å². The topological polar surface area (TPSA) is 49.7 Å². The van der Waals surface area contributed by atoms with Gasteiger partial charge in [-0.3, -0.25) is 0 Å². The largest absolute Gasteiger partial charge is 0.635 e. The Morgan fingerprint density at radius 1 is 0.299 bits per heavy atom. The highest BCUT2D eigenvalue weighted by Crippen LogP contribution is 2.57. The molecule has 7 rings (SSSR count). The van der Waals surface area contributed by atoms with Crippen LogP contribution in [0.2, 0.25) is 0 Å². The molecule has 2 N–H and O–H groups in total. The Hall–Kier alpha value is -6.92. The summed E-state index contributed by atoms with van der Waals surface area (Å²) in [6.07, 6.45) is 0. The first-order valence-electron chi connectivity index (χ1n) is 17.9. The van der Waals surface area contributed by atoms with Crippen molar-refractivity contribution >= 4 is 7.32 Å². The minimum Gasteiger partial charge on any atom is -0.402 e. The summed E-state index contributed by atoms with van der Waals surface area (Å²) < 4.78 is 319. The molecule has 0 bridgehead atoms. The number of benzene rings is 7. The zero-order valence-corrected chi connectivity index (χ0v) is 31.8. The highest BCUT2D eigenvalue weighted by atomic mass is 19.2. The molecule has 7 aromatic rings. The monoisotopic (exact) mass is 968 g/mol. The molecule has 0 aliphatic carbocycles. The lowest BCUT2D eigenvalue weighted by molar-refractivity contribution is 0.0819. The van der Waals surface area contributed by atoms with Crippen molar-refractivity contribution in [1.82, 2.24) is 0 Å². The van der Waals surface area contributed by atoms with Gasteiger partial charge in [-0.1, -0.05) is 60.7 Å². The third-order valence-electron chi connectivity index (χ3n) is 10.2. The normalized spacial score (nSPS) is 11.8. The van der Waals surface area contributed by atoms with Crippen molar-refractivity contribution in [3.05, 3.63) is 200 Å². The molecule has 0 aliphatic rings. The molecule has 7 aromatic carbocycles. The average Bonchev–Trinajstić information content (AvgIpc) is 3.32. The van der Waals surface area contributed by atoms with Gasteiger partial charge >= 0.3 is 7.32 Å².